The summed E-state index contributed by atoms with van der Waals surface area (Å²) in [4.78, 5) is 24.5. The van der Waals surface area contributed by atoms with Gasteiger partial charge in [-0.25, -0.2) is 0 Å². The van der Waals surface area contributed by atoms with Crippen molar-refractivity contribution in [3.63, 3.8) is 0 Å². The molecule has 3 N–H and O–H groups in total. The molecular formula is C64H121NO5. The van der Waals surface area contributed by atoms with Crippen molar-refractivity contribution in [3.8, 4) is 0 Å². The van der Waals surface area contributed by atoms with Crippen LogP contribution >= 0.6 is 0 Å². The second-order valence-electron chi connectivity index (χ2n) is 21.4. The van der Waals surface area contributed by atoms with E-state index in [-0.39, 0.29) is 18.5 Å². The summed E-state index contributed by atoms with van der Waals surface area (Å²) in [5, 5.41) is 23.2. The van der Waals surface area contributed by atoms with Gasteiger partial charge < -0.3 is 20.3 Å². The average molecular weight is 985 g/mol. The van der Waals surface area contributed by atoms with E-state index in [2.05, 4.69) is 43.5 Å². The van der Waals surface area contributed by atoms with Crippen molar-refractivity contribution in [2.75, 3.05) is 13.2 Å². The average Bonchev–Trinajstić information content (AvgIpc) is 3.36. The van der Waals surface area contributed by atoms with Gasteiger partial charge >= 0.3 is 5.97 Å². The lowest BCUT2D eigenvalue weighted by Gasteiger charge is -2.20. The number of allylic oxidation sites excluding steroid dienone is 5. The van der Waals surface area contributed by atoms with Crippen LogP contribution in [0.4, 0.5) is 0 Å². The summed E-state index contributed by atoms with van der Waals surface area (Å²) in [5.74, 6) is -0.0772. The monoisotopic (exact) mass is 984 g/mol. The van der Waals surface area contributed by atoms with Gasteiger partial charge in [0.25, 0.3) is 0 Å². The number of hydrogen-bond acceptors (Lipinski definition) is 5. The highest BCUT2D eigenvalue weighted by atomic mass is 16.5. The smallest absolute Gasteiger partial charge is 0.305 e. The van der Waals surface area contributed by atoms with Crippen molar-refractivity contribution in [1.82, 2.24) is 5.32 Å². The lowest BCUT2D eigenvalue weighted by atomic mass is 10.0. The van der Waals surface area contributed by atoms with Crippen molar-refractivity contribution in [3.05, 3.63) is 36.5 Å². The van der Waals surface area contributed by atoms with Gasteiger partial charge in [0, 0.05) is 12.8 Å². The fourth-order valence-electron chi connectivity index (χ4n) is 9.57. The largest absolute Gasteiger partial charge is 0.466 e. The zero-order chi connectivity index (χ0) is 50.7. The first-order valence-electron chi connectivity index (χ1n) is 31.3. The van der Waals surface area contributed by atoms with Crippen LogP contribution in [0.2, 0.25) is 0 Å². The molecule has 0 saturated carbocycles. The van der Waals surface area contributed by atoms with Crippen molar-refractivity contribution in [2.24, 2.45) is 0 Å². The summed E-state index contributed by atoms with van der Waals surface area (Å²) in [6.45, 7) is 4.90. The van der Waals surface area contributed by atoms with Gasteiger partial charge in [-0.15, -0.1) is 0 Å². The van der Waals surface area contributed by atoms with Crippen LogP contribution in [0.15, 0.2) is 36.5 Å². The first-order valence-corrected chi connectivity index (χ1v) is 31.3. The number of carbonyl (C=O) groups excluding carboxylic acids is 2. The molecule has 2 unspecified atom stereocenters. The molecule has 0 aromatic heterocycles. The Morgan fingerprint density at radius 1 is 0.386 bits per heavy atom. The molecule has 1 amide bonds. The lowest BCUT2D eigenvalue weighted by Crippen LogP contribution is -2.45. The molecule has 0 saturated heterocycles. The molecule has 0 aromatic carbocycles. The molecular weight excluding hydrogens is 863 g/mol. The maximum atomic E-state index is 12.5. The molecule has 0 radical (unpaired) electrons. The molecule has 0 aromatic rings. The van der Waals surface area contributed by atoms with Gasteiger partial charge in [-0.05, 0) is 83.5 Å². The molecule has 412 valence electrons. The minimum absolute atomic E-state index is 0.00228. The highest BCUT2D eigenvalue weighted by molar-refractivity contribution is 5.76. The summed E-state index contributed by atoms with van der Waals surface area (Å²) < 4.78 is 5.48. The van der Waals surface area contributed by atoms with Gasteiger partial charge in [-0.3, -0.25) is 9.59 Å². The van der Waals surface area contributed by atoms with Gasteiger partial charge in [0.05, 0.1) is 25.4 Å². The van der Waals surface area contributed by atoms with E-state index < -0.39 is 12.1 Å². The molecule has 0 bridgehead atoms. The highest BCUT2D eigenvalue weighted by Gasteiger charge is 2.18. The fourth-order valence-corrected chi connectivity index (χ4v) is 9.57. The Labute approximate surface area is 436 Å². The van der Waals surface area contributed by atoms with Crippen LogP contribution in [0, 0.1) is 0 Å². The molecule has 0 aliphatic heterocycles. The Morgan fingerprint density at radius 3 is 1.01 bits per heavy atom. The van der Waals surface area contributed by atoms with Crippen LogP contribution in [0.1, 0.15) is 335 Å². The fraction of sp³-hybridized carbons (Fsp3) is 0.875. The van der Waals surface area contributed by atoms with E-state index in [1.165, 1.54) is 257 Å². The number of esters is 1. The number of unbranched alkanes of at least 4 members (excludes halogenated alkanes) is 43. The third kappa shape index (κ3) is 55.4. The summed E-state index contributed by atoms with van der Waals surface area (Å²) in [6, 6.07) is -0.635. The number of carbonyl (C=O) groups is 2. The summed E-state index contributed by atoms with van der Waals surface area (Å²) in [6.07, 6.45) is 74.6. The van der Waals surface area contributed by atoms with Crippen LogP contribution in [-0.4, -0.2) is 47.4 Å². The zero-order valence-electron chi connectivity index (χ0n) is 47.0. The number of amides is 1. The Hall–Kier alpha value is -1.92. The standard InChI is InChI=1S/C64H121NO5/c1-3-5-7-9-11-13-15-17-19-20-25-29-32-36-40-44-48-52-56-62(67)61(60-66)65-63(68)57-53-49-45-41-37-33-30-26-23-21-22-24-27-31-35-39-43-47-51-55-59-70-64(69)58-54-50-46-42-38-34-28-18-16-14-12-10-8-6-4-2/h18,21,23,28,52,56,61-62,66-67H,3-17,19-20,22,24-27,29-51,53-55,57-60H2,1-2H3,(H,65,68)/b23-21-,28-18-,56-52+. The molecule has 0 fully saturated rings. The summed E-state index contributed by atoms with van der Waals surface area (Å²) >= 11 is 0. The molecule has 6 heteroatoms. The normalized spacial score (nSPS) is 12.8. The second-order valence-corrected chi connectivity index (χ2v) is 21.4. The molecule has 0 rings (SSSR count). The van der Waals surface area contributed by atoms with Crippen LogP contribution in [0.3, 0.4) is 0 Å². The first-order chi connectivity index (χ1) is 34.5. The molecule has 2 atom stereocenters. The predicted octanol–water partition coefficient (Wildman–Crippen LogP) is 19.6. The Bertz CT molecular complexity index is 1130. The van der Waals surface area contributed by atoms with Crippen molar-refractivity contribution in [2.45, 2.75) is 347 Å². The van der Waals surface area contributed by atoms with Crippen LogP contribution < -0.4 is 5.32 Å². The van der Waals surface area contributed by atoms with E-state index in [0.717, 1.165) is 51.4 Å². The Morgan fingerprint density at radius 2 is 0.671 bits per heavy atom. The van der Waals surface area contributed by atoms with E-state index in [0.29, 0.717) is 19.4 Å². The SMILES string of the molecule is CCCCCCCC/C=C\CCCCCCCC(=O)OCCCCCCCCCCC/C=C\CCCCCCCCCC(=O)NC(CO)C(O)/C=C/CCCCCCCCCCCCCCCCCC. The third-order valence-corrected chi connectivity index (χ3v) is 14.4. The molecule has 0 aliphatic carbocycles. The van der Waals surface area contributed by atoms with Gasteiger partial charge in [-0.2, -0.15) is 0 Å². The first kappa shape index (κ1) is 68.1. The number of ether oxygens (including phenoxy) is 1. The predicted molar refractivity (Wildman–Crippen MR) is 306 cm³/mol. The van der Waals surface area contributed by atoms with E-state index in [1.54, 1.807) is 6.08 Å². The van der Waals surface area contributed by atoms with Crippen LogP contribution in [-0.2, 0) is 14.3 Å². The number of aliphatic hydroxyl groups excluding tert-OH is 2. The number of nitrogens with one attached hydrogen (secondary N) is 1. The maximum absolute atomic E-state index is 12.5. The highest BCUT2D eigenvalue weighted by Crippen LogP contribution is 2.17. The minimum Gasteiger partial charge on any atom is -0.466 e. The zero-order valence-corrected chi connectivity index (χ0v) is 47.0. The van der Waals surface area contributed by atoms with Crippen molar-refractivity contribution in [1.29, 1.82) is 0 Å². The van der Waals surface area contributed by atoms with Gasteiger partial charge in [0.15, 0.2) is 0 Å². The number of rotatable bonds is 58. The van der Waals surface area contributed by atoms with Gasteiger partial charge in [0.2, 0.25) is 5.91 Å². The Balaban J connectivity index is 3.46. The maximum Gasteiger partial charge on any atom is 0.305 e. The van der Waals surface area contributed by atoms with Gasteiger partial charge in [-0.1, -0.05) is 275 Å². The molecule has 0 spiro atoms. The van der Waals surface area contributed by atoms with E-state index in [9.17, 15) is 19.8 Å². The summed E-state index contributed by atoms with van der Waals surface area (Å²) in [5.41, 5.74) is 0. The van der Waals surface area contributed by atoms with Crippen molar-refractivity contribution < 1.29 is 24.5 Å². The molecule has 70 heavy (non-hydrogen) atoms. The van der Waals surface area contributed by atoms with Gasteiger partial charge in [0.1, 0.15) is 0 Å². The van der Waals surface area contributed by atoms with Crippen molar-refractivity contribution >= 4 is 11.9 Å². The van der Waals surface area contributed by atoms with E-state index in [4.69, 9.17) is 4.74 Å². The number of aliphatic hydroxyl groups is 2. The topological polar surface area (TPSA) is 95.9 Å². The molecule has 0 heterocycles. The lowest BCUT2D eigenvalue weighted by molar-refractivity contribution is -0.143. The molecule has 6 nitrogen and oxygen atoms in total. The van der Waals surface area contributed by atoms with E-state index >= 15 is 0 Å². The van der Waals surface area contributed by atoms with E-state index in [1.807, 2.05) is 6.08 Å². The van der Waals surface area contributed by atoms with Crippen LogP contribution in [0.5, 0.6) is 0 Å². The third-order valence-electron chi connectivity index (χ3n) is 14.4. The quantitative estimate of drug-likeness (QED) is 0.0321. The minimum atomic E-state index is -0.851. The van der Waals surface area contributed by atoms with Crippen LogP contribution in [0.25, 0.3) is 0 Å². The summed E-state index contributed by atoms with van der Waals surface area (Å²) in [7, 11) is 0. The number of hydrogen-bond donors (Lipinski definition) is 3. The molecule has 0 aliphatic rings. The second kappa shape index (κ2) is 59.6. The Kier molecular flexibility index (Phi) is 58.0.